The number of carbonyl (C=O) groups excluding carboxylic acids is 1. The van der Waals surface area contributed by atoms with E-state index in [4.69, 9.17) is 0 Å². The molecule has 0 aromatic carbocycles. The maximum atomic E-state index is 12.7. The summed E-state index contributed by atoms with van der Waals surface area (Å²) >= 11 is 0. The van der Waals surface area contributed by atoms with E-state index in [1.54, 1.807) is 6.92 Å². The Hall–Kier alpha value is -1.01. The molecule has 0 heterocycles. The number of nitrogens with one attached hydrogen (secondary N) is 1. The maximum Gasteiger partial charge on any atom is 0.348 e. The average molecular weight is 208 g/mol. The predicted molar refractivity (Wildman–Crippen MR) is 47.5 cm³/mol. The van der Waals surface area contributed by atoms with Crippen LogP contribution in [0.1, 0.15) is 13.3 Å². The highest BCUT2D eigenvalue weighted by atomic mass is 19.3. The first-order valence-corrected chi connectivity index (χ1v) is 4.01. The molecule has 0 fully saturated rings. The van der Waals surface area contributed by atoms with E-state index in [2.05, 4.69) is 17.2 Å². The Morgan fingerprint density at radius 3 is 2.64 bits per heavy atom. The zero-order chi connectivity index (χ0) is 11.2. The van der Waals surface area contributed by atoms with Crippen LogP contribution in [0.4, 0.5) is 8.78 Å². The SMILES string of the molecule is C=C(C)CCOCC(F)(F)C(=O)NN. The molecule has 1 amide bonds. The van der Waals surface area contributed by atoms with Crippen LogP contribution in [-0.2, 0) is 9.53 Å². The number of alkyl halides is 2. The summed E-state index contributed by atoms with van der Waals surface area (Å²) < 4.78 is 30.0. The minimum atomic E-state index is -3.58. The number of hydrogen-bond acceptors (Lipinski definition) is 3. The first kappa shape index (κ1) is 13.0. The van der Waals surface area contributed by atoms with E-state index >= 15 is 0 Å². The molecule has 0 bridgehead atoms. The highest BCUT2D eigenvalue weighted by Crippen LogP contribution is 2.13. The van der Waals surface area contributed by atoms with Gasteiger partial charge in [-0.2, -0.15) is 8.78 Å². The van der Waals surface area contributed by atoms with Gasteiger partial charge in [-0.15, -0.1) is 6.58 Å². The molecule has 0 aliphatic rings. The van der Waals surface area contributed by atoms with Crippen LogP contribution in [0.3, 0.4) is 0 Å². The lowest BCUT2D eigenvalue weighted by Gasteiger charge is -2.14. The van der Waals surface area contributed by atoms with Crippen molar-refractivity contribution in [1.82, 2.24) is 5.43 Å². The lowest BCUT2D eigenvalue weighted by atomic mass is 10.2. The fourth-order valence-corrected chi connectivity index (χ4v) is 0.618. The molecule has 0 atom stereocenters. The molecule has 3 N–H and O–H groups in total. The molecule has 14 heavy (non-hydrogen) atoms. The van der Waals surface area contributed by atoms with E-state index in [1.807, 2.05) is 0 Å². The molecule has 0 aromatic heterocycles. The van der Waals surface area contributed by atoms with Crippen molar-refractivity contribution >= 4 is 5.91 Å². The van der Waals surface area contributed by atoms with E-state index in [0.29, 0.717) is 6.42 Å². The van der Waals surface area contributed by atoms with Gasteiger partial charge in [-0.25, -0.2) is 5.84 Å². The van der Waals surface area contributed by atoms with E-state index in [-0.39, 0.29) is 6.61 Å². The van der Waals surface area contributed by atoms with E-state index < -0.39 is 18.4 Å². The number of nitrogens with two attached hydrogens (primary N) is 1. The lowest BCUT2D eigenvalue weighted by Crippen LogP contribution is -2.46. The number of amides is 1. The molecule has 82 valence electrons. The normalized spacial score (nSPS) is 11.1. The van der Waals surface area contributed by atoms with Crippen LogP contribution in [-0.4, -0.2) is 25.0 Å². The molecule has 4 nitrogen and oxygen atoms in total. The Labute approximate surface area is 81.1 Å². The second-order valence-corrected chi connectivity index (χ2v) is 2.94. The molecule has 0 rings (SSSR count). The van der Waals surface area contributed by atoms with Crippen LogP contribution in [0, 0.1) is 0 Å². The van der Waals surface area contributed by atoms with E-state index in [9.17, 15) is 13.6 Å². The van der Waals surface area contributed by atoms with Crippen molar-refractivity contribution < 1.29 is 18.3 Å². The van der Waals surface area contributed by atoms with Crippen LogP contribution >= 0.6 is 0 Å². The summed E-state index contributed by atoms with van der Waals surface area (Å²) in [7, 11) is 0. The first-order chi connectivity index (χ1) is 6.40. The number of ether oxygens (including phenoxy) is 1. The van der Waals surface area contributed by atoms with Gasteiger partial charge in [0.2, 0.25) is 0 Å². The molecule has 0 spiro atoms. The molecule has 0 saturated heterocycles. The second kappa shape index (κ2) is 5.66. The van der Waals surface area contributed by atoms with E-state index in [0.717, 1.165) is 5.57 Å². The monoisotopic (exact) mass is 208 g/mol. The van der Waals surface area contributed by atoms with Gasteiger partial charge >= 0.3 is 11.8 Å². The quantitative estimate of drug-likeness (QED) is 0.221. The second-order valence-electron chi connectivity index (χ2n) is 2.94. The molecule has 0 unspecified atom stereocenters. The van der Waals surface area contributed by atoms with Crippen molar-refractivity contribution in [3.05, 3.63) is 12.2 Å². The van der Waals surface area contributed by atoms with Crippen molar-refractivity contribution in [3.8, 4) is 0 Å². The van der Waals surface area contributed by atoms with Crippen LogP contribution < -0.4 is 11.3 Å². The van der Waals surface area contributed by atoms with Gasteiger partial charge in [0.1, 0.15) is 6.61 Å². The smallest absolute Gasteiger partial charge is 0.348 e. The molecule has 6 heteroatoms. The van der Waals surface area contributed by atoms with Crippen LogP contribution in [0.2, 0.25) is 0 Å². The highest BCUT2D eigenvalue weighted by Gasteiger charge is 2.38. The molecular weight excluding hydrogens is 194 g/mol. The number of rotatable bonds is 6. The van der Waals surface area contributed by atoms with Gasteiger partial charge in [-0.3, -0.25) is 10.2 Å². The molecule has 0 aliphatic carbocycles. The minimum Gasteiger partial charge on any atom is -0.374 e. The van der Waals surface area contributed by atoms with Gasteiger partial charge in [0, 0.05) is 0 Å². The Kier molecular flexibility index (Phi) is 5.26. The summed E-state index contributed by atoms with van der Waals surface area (Å²) in [6.07, 6.45) is 0.486. The largest absolute Gasteiger partial charge is 0.374 e. The van der Waals surface area contributed by atoms with Crippen molar-refractivity contribution in [1.29, 1.82) is 0 Å². The Morgan fingerprint density at radius 2 is 2.21 bits per heavy atom. The summed E-state index contributed by atoms with van der Waals surface area (Å²) in [6, 6.07) is 0. The third kappa shape index (κ3) is 4.88. The number of carbonyl (C=O) groups is 1. The fraction of sp³-hybridized carbons (Fsp3) is 0.625. The summed E-state index contributed by atoms with van der Waals surface area (Å²) in [5.41, 5.74) is 2.20. The Bertz CT molecular complexity index is 219. The predicted octanol–water partition coefficient (Wildman–Crippen LogP) is 0.594. The zero-order valence-corrected chi connectivity index (χ0v) is 7.98. The van der Waals surface area contributed by atoms with Crippen molar-refractivity contribution in [3.63, 3.8) is 0 Å². The summed E-state index contributed by atoms with van der Waals surface area (Å²) in [5.74, 6) is -0.566. The average Bonchev–Trinajstić information content (AvgIpc) is 2.10. The Balaban J connectivity index is 3.76. The van der Waals surface area contributed by atoms with Crippen molar-refractivity contribution in [2.45, 2.75) is 19.3 Å². The van der Waals surface area contributed by atoms with Crippen LogP contribution in [0.15, 0.2) is 12.2 Å². The first-order valence-electron chi connectivity index (χ1n) is 4.01. The van der Waals surface area contributed by atoms with Gasteiger partial charge in [0.05, 0.1) is 6.61 Å². The Morgan fingerprint density at radius 1 is 1.64 bits per heavy atom. The van der Waals surface area contributed by atoms with Gasteiger partial charge in [-0.1, -0.05) is 5.57 Å². The lowest BCUT2D eigenvalue weighted by molar-refractivity contribution is -0.154. The third-order valence-electron chi connectivity index (χ3n) is 1.42. The standard InChI is InChI=1S/C8H14F2N2O2/c1-6(2)3-4-14-5-8(9,10)7(13)12-11/h1,3-5,11H2,2H3,(H,12,13). The molecular formula is C8H14F2N2O2. The summed E-state index contributed by atoms with van der Waals surface area (Å²) in [5, 5.41) is 0. The molecule has 0 saturated carbocycles. The van der Waals surface area contributed by atoms with Gasteiger partial charge in [0.25, 0.3) is 0 Å². The van der Waals surface area contributed by atoms with Gasteiger partial charge in [0.15, 0.2) is 0 Å². The van der Waals surface area contributed by atoms with E-state index in [1.165, 1.54) is 5.43 Å². The molecule has 0 aromatic rings. The van der Waals surface area contributed by atoms with Crippen LogP contribution in [0.5, 0.6) is 0 Å². The topological polar surface area (TPSA) is 64.3 Å². The molecule has 0 aliphatic heterocycles. The fourth-order valence-electron chi connectivity index (χ4n) is 0.618. The zero-order valence-electron chi connectivity index (χ0n) is 7.98. The van der Waals surface area contributed by atoms with Crippen molar-refractivity contribution in [2.75, 3.05) is 13.2 Å². The highest BCUT2D eigenvalue weighted by molar-refractivity contribution is 5.82. The number of halogens is 2. The molecule has 0 radical (unpaired) electrons. The summed E-state index contributed by atoms with van der Waals surface area (Å²) in [6.45, 7) is 4.48. The van der Waals surface area contributed by atoms with Gasteiger partial charge in [-0.05, 0) is 13.3 Å². The maximum absolute atomic E-state index is 12.7. The minimum absolute atomic E-state index is 0.114. The van der Waals surface area contributed by atoms with Crippen LogP contribution in [0.25, 0.3) is 0 Å². The number of hydrazine groups is 1. The van der Waals surface area contributed by atoms with Gasteiger partial charge < -0.3 is 4.74 Å². The summed E-state index contributed by atoms with van der Waals surface area (Å²) in [4.78, 5) is 10.5. The third-order valence-corrected chi connectivity index (χ3v) is 1.42. The number of hydrogen-bond donors (Lipinski definition) is 2. The van der Waals surface area contributed by atoms with Crippen molar-refractivity contribution in [2.24, 2.45) is 5.84 Å².